The first-order chi connectivity index (χ1) is 8.81. The maximum atomic E-state index is 12.0. The summed E-state index contributed by atoms with van der Waals surface area (Å²) < 4.78 is 29.6. The molecule has 2 aromatic rings. The quantitative estimate of drug-likeness (QED) is 0.788. The summed E-state index contributed by atoms with van der Waals surface area (Å²) in [4.78, 5) is 3.98. The minimum absolute atomic E-state index is 0.00467. The largest absolute Gasteiger partial charge is 0.384 e. The molecule has 19 heavy (non-hydrogen) atoms. The van der Waals surface area contributed by atoms with E-state index in [1.807, 2.05) is 0 Å². The Bertz CT molecular complexity index is 680. The van der Waals surface area contributed by atoms with Crippen LogP contribution >= 0.6 is 0 Å². The molecule has 0 aromatic carbocycles. The van der Waals surface area contributed by atoms with Crippen LogP contribution in [-0.2, 0) is 30.7 Å². The molecule has 0 aliphatic carbocycles. The fourth-order valence-corrected chi connectivity index (χ4v) is 2.57. The molecule has 0 amide bonds. The minimum atomic E-state index is -3.64. The number of rotatable bonds is 4. The number of nitrogens with one attached hydrogen (secondary N) is 1. The van der Waals surface area contributed by atoms with E-state index in [0.717, 1.165) is 0 Å². The third-order valence-corrected chi connectivity index (χ3v) is 4.15. The Morgan fingerprint density at radius 3 is 2.58 bits per heavy atom. The van der Waals surface area contributed by atoms with Crippen molar-refractivity contribution in [2.24, 2.45) is 14.1 Å². The van der Waals surface area contributed by atoms with Gasteiger partial charge >= 0.3 is 0 Å². The number of hydrogen-bond acceptors (Lipinski definition) is 5. The third-order valence-electron chi connectivity index (χ3n) is 2.88. The minimum Gasteiger partial charge on any atom is -0.384 e. The maximum absolute atomic E-state index is 12.0. The summed E-state index contributed by atoms with van der Waals surface area (Å²) in [5, 5.41) is 3.94. The fraction of sp³-hybridized carbons (Fsp3) is 0.400. The second kappa shape index (κ2) is 4.67. The van der Waals surface area contributed by atoms with Crippen molar-refractivity contribution in [1.29, 1.82) is 0 Å². The van der Waals surface area contributed by atoms with Gasteiger partial charge in [0.25, 0.3) is 10.0 Å². The van der Waals surface area contributed by atoms with Crippen molar-refractivity contribution < 1.29 is 8.42 Å². The van der Waals surface area contributed by atoms with E-state index in [1.165, 1.54) is 17.1 Å². The molecule has 9 heteroatoms. The van der Waals surface area contributed by atoms with Crippen molar-refractivity contribution >= 4 is 15.8 Å². The van der Waals surface area contributed by atoms with Gasteiger partial charge in [0.05, 0.1) is 6.20 Å². The number of nitrogens with zero attached hydrogens (tertiary/aromatic N) is 4. The average molecular weight is 284 g/mol. The van der Waals surface area contributed by atoms with Crippen LogP contribution in [0.3, 0.4) is 0 Å². The molecule has 0 radical (unpaired) electrons. The number of hydrogen-bond donors (Lipinski definition) is 2. The molecule has 0 atom stereocenters. The predicted octanol–water partition coefficient (Wildman–Crippen LogP) is -0.477. The van der Waals surface area contributed by atoms with E-state index >= 15 is 0 Å². The molecule has 2 rings (SSSR count). The third kappa shape index (κ3) is 2.61. The first-order valence-electron chi connectivity index (χ1n) is 5.57. The highest BCUT2D eigenvalue weighted by Crippen LogP contribution is 2.12. The van der Waals surface area contributed by atoms with Crippen LogP contribution in [0.2, 0.25) is 0 Å². The smallest absolute Gasteiger partial charge is 0.259 e. The normalized spacial score (nSPS) is 11.9. The van der Waals surface area contributed by atoms with E-state index in [9.17, 15) is 8.42 Å². The Balaban J connectivity index is 2.16. The molecule has 0 saturated carbocycles. The predicted molar refractivity (Wildman–Crippen MR) is 69.6 cm³/mol. The Morgan fingerprint density at radius 1 is 1.42 bits per heavy atom. The van der Waals surface area contributed by atoms with Crippen molar-refractivity contribution in [2.45, 2.75) is 18.5 Å². The van der Waals surface area contributed by atoms with Crippen molar-refractivity contribution in [3.63, 3.8) is 0 Å². The van der Waals surface area contributed by atoms with Crippen molar-refractivity contribution in [2.75, 3.05) is 5.73 Å². The Morgan fingerprint density at radius 2 is 2.11 bits per heavy atom. The molecule has 2 aromatic heterocycles. The van der Waals surface area contributed by atoms with Gasteiger partial charge in [-0.05, 0) is 6.92 Å². The number of sulfonamides is 1. The fourth-order valence-electron chi connectivity index (χ4n) is 1.53. The van der Waals surface area contributed by atoms with Gasteiger partial charge in [-0.15, -0.1) is 0 Å². The van der Waals surface area contributed by atoms with E-state index in [4.69, 9.17) is 5.73 Å². The van der Waals surface area contributed by atoms with Gasteiger partial charge in [-0.2, -0.15) is 5.10 Å². The lowest BCUT2D eigenvalue weighted by atomic mass is 10.3. The summed E-state index contributed by atoms with van der Waals surface area (Å²) >= 11 is 0. The number of aromatic nitrogens is 4. The van der Waals surface area contributed by atoms with E-state index in [-0.39, 0.29) is 11.6 Å². The van der Waals surface area contributed by atoms with Gasteiger partial charge in [0.2, 0.25) is 0 Å². The lowest BCUT2D eigenvalue weighted by Crippen LogP contribution is -2.24. The van der Waals surface area contributed by atoms with Crippen molar-refractivity contribution in [3.8, 4) is 0 Å². The monoisotopic (exact) mass is 284 g/mol. The Kier molecular flexibility index (Phi) is 3.33. The number of nitrogens with two attached hydrogens (primary N) is 1. The number of imidazole rings is 1. The van der Waals surface area contributed by atoms with Crippen LogP contribution in [0.4, 0.5) is 5.82 Å². The van der Waals surface area contributed by atoms with Crippen LogP contribution in [0.5, 0.6) is 0 Å². The molecule has 0 bridgehead atoms. The maximum Gasteiger partial charge on any atom is 0.259 e. The van der Waals surface area contributed by atoms with Crippen LogP contribution in [-0.4, -0.2) is 27.7 Å². The summed E-state index contributed by atoms with van der Waals surface area (Å²) in [7, 11) is -0.216. The SMILES string of the molecule is Cc1nc(S(=O)(=O)NCc2cnn(C)c2N)cn1C. The van der Waals surface area contributed by atoms with Gasteiger partial charge in [-0.25, -0.2) is 18.1 Å². The van der Waals surface area contributed by atoms with Gasteiger partial charge in [0.15, 0.2) is 5.03 Å². The molecular formula is C10H16N6O2S. The first-order valence-corrected chi connectivity index (χ1v) is 7.05. The molecule has 3 N–H and O–H groups in total. The first kappa shape index (κ1) is 13.6. The Hall–Kier alpha value is -1.87. The van der Waals surface area contributed by atoms with Crippen LogP contribution in [0.1, 0.15) is 11.4 Å². The van der Waals surface area contributed by atoms with E-state index in [0.29, 0.717) is 17.2 Å². The topological polar surface area (TPSA) is 108 Å². The summed E-state index contributed by atoms with van der Waals surface area (Å²) in [5.41, 5.74) is 6.37. The zero-order chi connectivity index (χ0) is 14.2. The molecule has 0 saturated heterocycles. The lowest BCUT2D eigenvalue weighted by molar-refractivity contribution is 0.578. The van der Waals surface area contributed by atoms with Gasteiger partial charge in [-0.1, -0.05) is 0 Å². The summed E-state index contributed by atoms with van der Waals surface area (Å²) in [6, 6.07) is 0. The zero-order valence-electron chi connectivity index (χ0n) is 11.0. The second-order valence-corrected chi connectivity index (χ2v) is 5.95. The Labute approximate surface area is 111 Å². The number of aryl methyl sites for hydroxylation is 3. The van der Waals surface area contributed by atoms with Crippen LogP contribution in [0.25, 0.3) is 0 Å². The summed E-state index contributed by atoms with van der Waals surface area (Å²) in [5.74, 6) is 1.06. The van der Waals surface area contributed by atoms with E-state index in [1.54, 1.807) is 25.6 Å². The molecule has 8 nitrogen and oxygen atoms in total. The average Bonchev–Trinajstić information content (AvgIpc) is 2.84. The lowest BCUT2D eigenvalue weighted by Gasteiger charge is -2.03. The zero-order valence-corrected chi connectivity index (χ0v) is 11.8. The van der Waals surface area contributed by atoms with E-state index < -0.39 is 10.0 Å². The van der Waals surface area contributed by atoms with Gasteiger partial charge < -0.3 is 10.3 Å². The highest BCUT2D eigenvalue weighted by atomic mass is 32.2. The molecule has 0 aliphatic rings. The van der Waals surface area contributed by atoms with Crippen molar-refractivity contribution in [1.82, 2.24) is 24.1 Å². The molecule has 0 aliphatic heterocycles. The summed E-state index contributed by atoms with van der Waals surface area (Å²) in [6.07, 6.45) is 2.99. The molecule has 2 heterocycles. The van der Waals surface area contributed by atoms with Gasteiger partial charge in [-0.3, -0.25) is 4.68 Å². The van der Waals surface area contributed by atoms with Crippen LogP contribution in [0.15, 0.2) is 17.4 Å². The highest BCUT2D eigenvalue weighted by Gasteiger charge is 2.19. The molecular weight excluding hydrogens is 268 g/mol. The highest BCUT2D eigenvalue weighted by molar-refractivity contribution is 7.89. The number of anilines is 1. The van der Waals surface area contributed by atoms with Gasteiger partial charge in [0.1, 0.15) is 11.6 Å². The van der Waals surface area contributed by atoms with E-state index in [2.05, 4.69) is 14.8 Å². The molecule has 0 spiro atoms. The summed E-state index contributed by atoms with van der Waals surface area (Å²) in [6.45, 7) is 1.82. The molecule has 0 unspecified atom stereocenters. The second-order valence-electron chi connectivity index (χ2n) is 4.24. The molecule has 104 valence electrons. The standard InChI is InChI=1S/C10H16N6O2S/c1-7-14-9(6-15(7)2)19(17,18)13-5-8-4-12-16(3)10(8)11/h4,6,13H,5,11H2,1-3H3. The van der Waals surface area contributed by atoms with Crippen LogP contribution < -0.4 is 10.5 Å². The van der Waals surface area contributed by atoms with Crippen LogP contribution in [0, 0.1) is 6.92 Å². The number of nitrogen functional groups attached to an aromatic ring is 1. The van der Waals surface area contributed by atoms with Gasteiger partial charge in [0, 0.05) is 32.4 Å². The van der Waals surface area contributed by atoms with Crippen molar-refractivity contribution in [3.05, 3.63) is 23.8 Å². The molecule has 0 fully saturated rings.